The van der Waals surface area contributed by atoms with Crippen molar-refractivity contribution in [3.05, 3.63) is 0 Å². The molecule has 0 unspecified atom stereocenters. The van der Waals surface area contributed by atoms with Gasteiger partial charge in [0.15, 0.2) is 0 Å². The summed E-state index contributed by atoms with van der Waals surface area (Å²) in [4.78, 5) is 0. The van der Waals surface area contributed by atoms with E-state index in [0.717, 1.165) is 5.75 Å². The molecule has 0 aliphatic carbocycles. The van der Waals surface area contributed by atoms with E-state index in [2.05, 4.69) is 6.92 Å². The van der Waals surface area contributed by atoms with Crippen molar-refractivity contribution in [2.75, 3.05) is 5.75 Å². The van der Waals surface area contributed by atoms with E-state index in [1.54, 1.807) is 0 Å². The summed E-state index contributed by atoms with van der Waals surface area (Å²) < 4.78 is 0. The number of hydrogen-bond donors (Lipinski definition) is 1. The molecule has 0 saturated carbocycles. The Kier molecular flexibility index (Phi) is 25.6. The Hall–Kier alpha value is 0.310. The lowest BCUT2D eigenvalue weighted by Crippen LogP contribution is -1.86. The van der Waals surface area contributed by atoms with E-state index in [0.29, 0.717) is 0 Å². The molecular formula is C24H51NS. The van der Waals surface area contributed by atoms with Crippen LogP contribution in [0.3, 0.4) is 0 Å². The van der Waals surface area contributed by atoms with Crippen LogP contribution in [0.2, 0.25) is 0 Å². The first-order valence-electron chi connectivity index (χ1n) is 12.2. The third-order valence-corrected chi connectivity index (χ3v) is 6.14. The van der Waals surface area contributed by atoms with Crippen LogP contribution in [-0.2, 0) is 0 Å². The van der Waals surface area contributed by atoms with Crippen molar-refractivity contribution in [2.45, 2.75) is 148 Å². The van der Waals surface area contributed by atoms with Gasteiger partial charge in [-0.15, -0.1) is 0 Å². The molecule has 0 spiro atoms. The maximum absolute atomic E-state index is 5.43. The molecule has 1 nitrogen and oxygen atoms in total. The maximum atomic E-state index is 5.43. The molecule has 0 aromatic carbocycles. The second-order valence-corrected chi connectivity index (χ2v) is 9.04. The lowest BCUT2D eigenvalue weighted by Gasteiger charge is -2.04. The van der Waals surface area contributed by atoms with Gasteiger partial charge in [0.1, 0.15) is 0 Å². The van der Waals surface area contributed by atoms with Crippen molar-refractivity contribution in [1.29, 1.82) is 0 Å². The predicted molar refractivity (Wildman–Crippen MR) is 124 cm³/mol. The van der Waals surface area contributed by atoms with Gasteiger partial charge in [-0.2, -0.15) is 0 Å². The molecule has 0 bridgehead atoms. The molecule has 2 N–H and O–H groups in total. The molecule has 0 aromatic rings. The van der Waals surface area contributed by atoms with Gasteiger partial charge in [-0.25, -0.2) is 0 Å². The van der Waals surface area contributed by atoms with Crippen LogP contribution in [0.25, 0.3) is 0 Å². The van der Waals surface area contributed by atoms with E-state index >= 15 is 0 Å². The number of rotatable bonds is 23. The lowest BCUT2D eigenvalue weighted by molar-refractivity contribution is 0.520. The molecule has 0 rings (SSSR count). The van der Waals surface area contributed by atoms with Crippen LogP contribution in [0.15, 0.2) is 0 Å². The molecule has 0 saturated heterocycles. The zero-order chi connectivity index (χ0) is 19.0. The van der Waals surface area contributed by atoms with Gasteiger partial charge in [-0.3, -0.25) is 5.14 Å². The minimum Gasteiger partial charge on any atom is -0.278 e. The monoisotopic (exact) mass is 385 g/mol. The molecule has 26 heavy (non-hydrogen) atoms. The summed E-state index contributed by atoms with van der Waals surface area (Å²) in [5, 5.41) is 5.43. The van der Waals surface area contributed by atoms with E-state index in [1.807, 2.05) is 0 Å². The molecule has 0 amide bonds. The highest BCUT2D eigenvalue weighted by Crippen LogP contribution is 2.15. The molecule has 0 fully saturated rings. The molecule has 0 heterocycles. The van der Waals surface area contributed by atoms with Crippen molar-refractivity contribution in [1.82, 2.24) is 0 Å². The SMILES string of the molecule is CCCCCCCCCCCCCCCCCCCCCCCCSN. The van der Waals surface area contributed by atoms with Crippen molar-refractivity contribution < 1.29 is 0 Å². The summed E-state index contributed by atoms with van der Waals surface area (Å²) in [7, 11) is 0. The first-order valence-corrected chi connectivity index (χ1v) is 13.3. The van der Waals surface area contributed by atoms with Gasteiger partial charge in [0.05, 0.1) is 0 Å². The highest BCUT2D eigenvalue weighted by molar-refractivity contribution is 7.97. The zero-order valence-corrected chi connectivity index (χ0v) is 19.1. The Labute approximate surface area is 171 Å². The second-order valence-electron chi connectivity index (χ2n) is 8.30. The smallest absolute Gasteiger partial charge is 0.00764 e. The molecule has 0 atom stereocenters. The molecule has 2 heteroatoms. The molecule has 0 radical (unpaired) electrons. The molecule has 0 aliphatic rings. The summed E-state index contributed by atoms with van der Waals surface area (Å²) >= 11 is 1.49. The number of unbranched alkanes of at least 4 members (excludes halogenated alkanes) is 21. The van der Waals surface area contributed by atoms with Crippen molar-refractivity contribution in [3.8, 4) is 0 Å². The van der Waals surface area contributed by atoms with E-state index in [1.165, 1.54) is 153 Å². The zero-order valence-electron chi connectivity index (χ0n) is 18.2. The van der Waals surface area contributed by atoms with Gasteiger partial charge in [0.2, 0.25) is 0 Å². The predicted octanol–water partition coefficient (Wildman–Crippen LogP) is 9.20. The summed E-state index contributed by atoms with van der Waals surface area (Å²) in [5.74, 6) is 1.14. The topological polar surface area (TPSA) is 26.0 Å². The van der Waals surface area contributed by atoms with Crippen LogP contribution >= 0.6 is 11.9 Å². The lowest BCUT2D eigenvalue weighted by atomic mass is 10.0. The summed E-state index contributed by atoms with van der Waals surface area (Å²) in [6, 6.07) is 0. The highest BCUT2D eigenvalue weighted by Gasteiger charge is 1.95. The fourth-order valence-electron chi connectivity index (χ4n) is 3.79. The second kappa shape index (κ2) is 25.3. The molecule has 0 aliphatic heterocycles. The van der Waals surface area contributed by atoms with Crippen LogP contribution in [0.4, 0.5) is 0 Å². The third-order valence-electron chi connectivity index (χ3n) is 5.62. The summed E-state index contributed by atoms with van der Waals surface area (Å²) in [6.45, 7) is 2.30. The first-order chi connectivity index (χ1) is 12.9. The molecular weight excluding hydrogens is 334 g/mol. The molecule has 158 valence electrons. The summed E-state index contributed by atoms with van der Waals surface area (Å²) in [6.07, 6.45) is 32.0. The Morgan fingerprint density at radius 3 is 0.846 bits per heavy atom. The quantitative estimate of drug-likeness (QED) is 0.140. The number of nitrogens with two attached hydrogens (primary N) is 1. The average molecular weight is 386 g/mol. The van der Waals surface area contributed by atoms with E-state index in [-0.39, 0.29) is 0 Å². The van der Waals surface area contributed by atoms with Crippen molar-refractivity contribution in [2.24, 2.45) is 5.14 Å². The Morgan fingerprint density at radius 1 is 0.385 bits per heavy atom. The van der Waals surface area contributed by atoms with E-state index in [4.69, 9.17) is 5.14 Å². The van der Waals surface area contributed by atoms with E-state index in [9.17, 15) is 0 Å². The highest BCUT2D eigenvalue weighted by atomic mass is 32.2. The standard InChI is InChI=1S/C24H51NS/c1-2-3-4-5-6-7-8-9-10-11-12-13-14-15-16-17-18-19-20-21-22-23-24-26-25/h2-25H2,1H3. The van der Waals surface area contributed by atoms with Crippen LogP contribution in [0.1, 0.15) is 148 Å². The van der Waals surface area contributed by atoms with E-state index < -0.39 is 0 Å². The Bertz CT molecular complexity index is 208. The van der Waals surface area contributed by atoms with Gasteiger partial charge in [-0.1, -0.05) is 154 Å². The number of hydrogen-bond acceptors (Lipinski definition) is 2. The van der Waals surface area contributed by atoms with Crippen LogP contribution in [0.5, 0.6) is 0 Å². The summed E-state index contributed by atoms with van der Waals surface area (Å²) in [5.41, 5.74) is 0. The van der Waals surface area contributed by atoms with Crippen molar-refractivity contribution in [3.63, 3.8) is 0 Å². The Morgan fingerprint density at radius 2 is 0.615 bits per heavy atom. The van der Waals surface area contributed by atoms with Crippen LogP contribution in [-0.4, -0.2) is 5.75 Å². The maximum Gasteiger partial charge on any atom is 0.00764 e. The average Bonchev–Trinajstić information content (AvgIpc) is 2.66. The van der Waals surface area contributed by atoms with Gasteiger partial charge in [0.25, 0.3) is 0 Å². The van der Waals surface area contributed by atoms with Crippen LogP contribution in [0, 0.1) is 0 Å². The first kappa shape index (κ1) is 26.3. The largest absolute Gasteiger partial charge is 0.278 e. The van der Waals surface area contributed by atoms with Gasteiger partial charge >= 0.3 is 0 Å². The normalized spacial score (nSPS) is 11.3. The minimum atomic E-state index is 1.14. The van der Waals surface area contributed by atoms with Gasteiger partial charge < -0.3 is 0 Å². The fraction of sp³-hybridized carbons (Fsp3) is 1.00. The van der Waals surface area contributed by atoms with Crippen molar-refractivity contribution >= 4 is 11.9 Å². The Balaban J connectivity index is 2.95. The van der Waals surface area contributed by atoms with Gasteiger partial charge in [0, 0.05) is 5.75 Å². The minimum absolute atomic E-state index is 1.14. The third kappa shape index (κ3) is 24.3. The molecule has 0 aromatic heterocycles. The fourth-order valence-corrected chi connectivity index (χ4v) is 4.16. The van der Waals surface area contributed by atoms with Crippen LogP contribution < -0.4 is 5.14 Å². The van der Waals surface area contributed by atoms with Gasteiger partial charge in [-0.05, 0) is 6.42 Å².